The Morgan fingerprint density at radius 2 is 1.95 bits per heavy atom. The first-order chi connectivity index (χ1) is 8.97. The molecule has 0 bridgehead atoms. The molecule has 1 aromatic carbocycles. The molecule has 100 valence electrons. The fraction of sp³-hybridized carbons (Fsp3) is 0.214. The number of nitrogens with one attached hydrogen (secondary N) is 1. The quantitative estimate of drug-likeness (QED) is 0.595. The van der Waals surface area contributed by atoms with E-state index in [9.17, 15) is 10.2 Å². The molecule has 1 unspecified atom stereocenters. The summed E-state index contributed by atoms with van der Waals surface area (Å²) in [6, 6.07) is 8.11. The number of phenols is 2. The van der Waals surface area contributed by atoms with Crippen molar-refractivity contribution in [2.24, 2.45) is 0 Å². The third kappa shape index (κ3) is 3.17. The van der Waals surface area contributed by atoms with Gasteiger partial charge in [-0.1, -0.05) is 0 Å². The number of hydrogen-bond donors (Lipinski definition) is 3. The summed E-state index contributed by atoms with van der Waals surface area (Å²) in [5, 5.41) is 22.6. The van der Waals surface area contributed by atoms with Gasteiger partial charge in [0.25, 0.3) is 0 Å². The van der Waals surface area contributed by atoms with Crippen LogP contribution in [0.25, 0.3) is 0 Å². The number of rotatable bonds is 3. The van der Waals surface area contributed by atoms with Gasteiger partial charge in [0.15, 0.2) is 0 Å². The minimum Gasteiger partial charge on any atom is -0.508 e. The number of benzene rings is 1. The molecule has 1 atom stereocenters. The Kier molecular flexibility index (Phi) is 3.95. The smallest absolute Gasteiger partial charge is 0.121 e. The van der Waals surface area contributed by atoms with Crippen LogP contribution >= 0.6 is 15.9 Å². The number of pyridine rings is 1. The van der Waals surface area contributed by atoms with Gasteiger partial charge < -0.3 is 15.5 Å². The topological polar surface area (TPSA) is 65.4 Å². The summed E-state index contributed by atoms with van der Waals surface area (Å²) in [7, 11) is 0. The predicted octanol–water partition coefficient (Wildman–Crippen LogP) is 3.74. The van der Waals surface area contributed by atoms with Crippen molar-refractivity contribution in [3.63, 3.8) is 0 Å². The van der Waals surface area contributed by atoms with E-state index in [0.717, 1.165) is 16.0 Å². The highest BCUT2D eigenvalue weighted by atomic mass is 79.9. The summed E-state index contributed by atoms with van der Waals surface area (Å²) in [6.45, 7) is 3.82. The fourth-order valence-electron chi connectivity index (χ4n) is 1.88. The molecule has 0 saturated carbocycles. The molecule has 0 radical (unpaired) electrons. The highest BCUT2D eigenvalue weighted by molar-refractivity contribution is 9.10. The zero-order valence-corrected chi connectivity index (χ0v) is 12.3. The first kappa shape index (κ1) is 13.7. The Morgan fingerprint density at radius 3 is 2.63 bits per heavy atom. The minimum absolute atomic E-state index is 0.132. The van der Waals surface area contributed by atoms with Crippen molar-refractivity contribution >= 4 is 21.6 Å². The lowest BCUT2D eigenvalue weighted by atomic mass is 10.1. The third-order valence-corrected chi connectivity index (χ3v) is 3.34. The van der Waals surface area contributed by atoms with Gasteiger partial charge in [0.1, 0.15) is 16.1 Å². The summed E-state index contributed by atoms with van der Waals surface area (Å²) in [5.74, 6) is 0.285. The molecule has 0 fully saturated rings. The van der Waals surface area contributed by atoms with Crippen molar-refractivity contribution in [1.29, 1.82) is 0 Å². The summed E-state index contributed by atoms with van der Waals surface area (Å²) in [6.07, 6.45) is 0. The van der Waals surface area contributed by atoms with Gasteiger partial charge in [0.2, 0.25) is 0 Å². The number of aromatic nitrogens is 1. The molecule has 0 amide bonds. The Labute approximate surface area is 120 Å². The maximum atomic E-state index is 9.82. The highest BCUT2D eigenvalue weighted by Crippen LogP contribution is 2.30. The van der Waals surface area contributed by atoms with Gasteiger partial charge in [0.05, 0.1) is 17.4 Å². The number of nitrogens with zero attached hydrogens (tertiary/aromatic N) is 1. The van der Waals surface area contributed by atoms with E-state index in [1.165, 1.54) is 12.1 Å². The molecule has 4 nitrogen and oxygen atoms in total. The Balaban J connectivity index is 2.25. The molecule has 0 aliphatic rings. The van der Waals surface area contributed by atoms with E-state index in [-0.39, 0.29) is 17.5 Å². The van der Waals surface area contributed by atoms with E-state index >= 15 is 0 Å². The maximum Gasteiger partial charge on any atom is 0.121 e. The normalized spacial score (nSPS) is 12.2. The maximum absolute atomic E-state index is 9.82. The van der Waals surface area contributed by atoms with Crippen LogP contribution in [0.2, 0.25) is 0 Å². The fourth-order valence-corrected chi connectivity index (χ4v) is 2.28. The molecule has 0 saturated heterocycles. The van der Waals surface area contributed by atoms with E-state index in [2.05, 4.69) is 26.2 Å². The summed E-state index contributed by atoms with van der Waals surface area (Å²) in [4.78, 5) is 4.30. The lowest BCUT2D eigenvalue weighted by Gasteiger charge is -2.18. The van der Waals surface area contributed by atoms with Crippen LogP contribution in [0.3, 0.4) is 0 Å². The van der Waals surface area contributed by atoms with Crippen LogP contribution in [-0.4, -0.2) is 15.2 Å². The number of aromatic hydroxyl groups is 2. The van der Waals surface area contributed by atoms with Gasteiger partial charge >= 0.3 is 0 Å². The average Bonchev–Trinajstić information content (AvgIpc) is 2.35. The van der Waals surface area contributed by atoms with Gasteiger partial charge in [-0.3, -0.25) is 0 Å². The first-order valence-electron chi connectivity index (χ1n) is 5.89. The van der Waals surface area contributed by atoms with Crippen molar-refractivity contribution in [3.05, 3.63) is 46.2 Å². The number of aryl methyl sites for hydroxylation is 1. The molecule has 1 aromatic heterocycles. The van der Waals surface area contributed by atoms with Gasteiger partial charge in [-0.2, -0.15) is 0 Å². The largest absolute Gasteiger partial charge is 0.508 e. The molecule has 2 rings (SSSR count). The van der Waals surface area contributed by atoms with E-state index in [0.29, 0.717) is 5.56 Å². The van der Waals surface area contributed by atoms with Crippen LogP contribution in [0.4, 0.5) is 5.69 Å². The molecule has 3 N–H and O–H groups in total. The second kappa shape index (κ2) is 5.48. The molecule has 0 aliphatic carbocycles. The predicted molar refractivity (Wildman–Crippen MR) is 78.5 cm³/mol. The molecule has 0 spiro atoms. The molecular formula is C14H15BrN2O2. The van der Waals surface area contributed by atoms with Crippen molar-refractivity contribution in [2.75, 3.05) is 5.32 Å². The lowest BCUT2D eigenvalue weighted by molar-refractivity contribution is 0.451. The van der Waals surface area contributed by atoms with Crippen molar-refractivity contribution in [2.45, 2.75) is 19.9 Å². The molecule has 0 aliphatic heterocycles. The van der Waals surface area contributed by atoms with Crippen LogP contribution in [0, 0.1) is 6.92 Å². The summed E-state index contributed by atoms with van der Waals surface area (Å²) in [5.41, 5.74) is 2.39. The second-order valence-corrected chi connectivity index (χ2v) is 5.19. The van der Waals surface area contributed by atoms with Crippen molar-refractivity contribution < 1.29 is 10.2 Å². The van der Waals surface area contributed by atoms with E-state index in [4.69, 9.17) is 0 Å². The van der Waals surface area contributed by atoms with Crippen molar-refractivity contribution in [1.82, 2.24) is 4.98 Å². The SMILES string of the molecule is Cc1nc(Br)ccc1NC(C)c1cc(O)ccc1O. The molecule has 19 heavy (non-hydrogen) atoms. The van der Waals surface area contributed by atoms with Gasteiger partial charge in [-0.05, 0) is 60.1 Å². The number of anilines is 1. The highest BCUT2D eigenvalue weighted by Gasteiger charge is 2.12. The number of hydrogen-bond acceptors (Lipinski definition) is 4. The third-order valence-electron chi connectivity index (χ3n) is 2.90. The second-order valence-electron chi connectivity index (χ2n) is 4.38. The summed E-state index contributed by atoms with van der Waals surface area (Å²) >= 11 is 3.32. The Bertz CT molecular complexity index is 602. The van der Waals surface area contributed by atoms with Crippen LogP contribution in [0.5, 0.6) is 11.5 Å². The molecule has 5 heteroatoms. The van der Waals surface area contributed by atoms with Crippen LogP contribution in [0.15, 0.2) is 34.9 Å². The van der Waals surface area contributed by atoms with Crippen molar-refractivity contribution in [3.8, 4) is 11.5 Å². The molecule has 1 heterocycles. The lowest BCUT2D eigenvalue weighted by Crippen LogP contribution is -2.08. The molecule has 2 aromatic rings. The zero-order chi connectivity index (χ0) is 14.0. The molecular weight excluding hydrogens is 308 g/mol. The Hall–Kier alpha value is -1.75. The Morgan fingerprint density at radius 1 is 1.21 bits per heavy atom. The standard InChI is InChI=1S/C14H15BrN2O2/c1-8(11-7-10(18)3-5-13(11)19)16-12-4-6-14(15)17-9(12)2/h3-8,16,18-19H,1-2H3. The first-order valence-corrected chi connectivity index (χ1v) is 6.68. The summed E-state index contributed by atoms with van der Waals surface area (Å²) < 4.78 is 0.781. The van der Waals surface area contributed by atoms with Crippen LogP contribution < -0.4 is 5.32 Å². The van der Waals surface area contributed by atoms with Crippen LogP contribution in [0.1, 0.15) is 24.2 Å². The van der Waals surface area contributed by atoms with E-state index in [1.807, 2.05) is 26.0 Å². The van der Waals surface area contributed by atoms with Gasteiger partial charge in [0, 0.05) is 5.56 Å². The number of halogens is 1. The van der Waals surface area contributed by atoms with Gasteiger partial charge in [-0.25, -0.2) is 4.98 Å². The van der Waals surface area contributed by atoms with Gasteiger partial charge in [-0.15, -0.1) is 0 Å². The average molecular weight is 323 g/mol. The number of phenolic OH excluding ortho intramolecular Hbond substituents is 2. The van der Waals surface area contributed by atoms with Crippen LogP contribution in [-0.2, 0) is 0 Å². The van der Waals surface area contributed by atoms with E-state index < -0.39 is 0 Å². The minimum atomic E-state index is -0.145. The zero-order valence-electron chi connectivity index (χ0n) is 10.7. The van der Waals surface area contributed by atoms with E-state index in [1.54, 1.807) is 6.07 Å². The monoisotopic (exact) mass is 322 g/mol.